The molecular weight excluding hydrogens is 126 g/mol. The Morgan fingerprint density at radius 1 is 1.10 bits per heavy atom. The number of hydrogen-bond donors (Lipinski definition) is 2. The van der Waals surface area contributed by atoms with E-state index >= 15 is 0 Å². The Morgan fingerprint density at radius 3 is 1.60 bits per heavy atom. The van der Waals surface area contributed by atoms with E-state index in [0.29, 0.717) is 11.8 Å². The van der Waals surface area contributed by atoms with Gasteiger partial charge in [0.05, 0.1) is 6.10 Å². The summed E-state index contributed by atoms with van der Waals surface area (Å²) >= 11 is 0. The van der Waals surface area contributed by atoms with E-state index in [1.807, 2.05) is 13.8 Å². The summed E-state index contributed by atoms with van der Waals surface area (Å²) in [7, 11) is 0. The van der Waals surface area contributed by atoms with Gasteiger partial charge < -0.3 is 10.8 Å². The molecule has 3 N–H and O–H groups in total. The first-order valence-corrected chi connectivity index (χ1v) is 3.90. The molecule has 0 saturated heterocycles. The van der Waals surface area contributed by atoms with Gasteiger partial charge in [0, 0.05) is 6.04 Å². The van der Waals surface area contributed by atoms with Crippen molar-refractivity contribution in [3.63, 3.8) is 0 Å². The third kappa shape index (κ3) is 2.67. The van der Waals surface area contributed by atoms with Gasteiger partial charge in [-0.15, -0.1) is 0 Å². The average Bonchev–Trinajstić information content (AvgIpc) is 1.84. The Morgan fingerprint density at radius 2 is 1.50 bits per heavy atom. The zero-order chi connectivity index (χ0) is 8.31. The molecule has 0 aliphatic rings. The Kier molecular flexibility index (Phi) is 3.91. The first-order valence-electron chi connectivity index (χ1n) is 3.90. The molecule has 0 amide bonds. The largest absolute Gasteiger partial charge is 0.391 e. The molecule has 2 unspecified atom stereocenters. The zero-order valence-corrected chi connectivity index (χ0v) is 7.33. The zero-order valence-electron chi connectivity index (χ0n) is 7.33. The Bertz CT molecular complexity index is 79.3. The summed E-state index contributed by atoms with van der Waals surface area (Å²) in [6, 6.07) is -0.114. The van der Waals surface area contributed by atoms with Gasteiger partial charge in [-0.2, -0.15) is 0 Å². The summed E-state index contributed by atoms with van der Waals surface area (Å²) in [5.74, 6) is 0.793. The Labute approximate surface area is 63.4 Å². The van der Waals surface area contributed by atoms with Crippen LogP contribution in [0.5, 0.6) is 0 Å². The molecule has 2 heteroatoms. The average molecular weight is 145 g/mol. The minimum Gasteiger partial charge on any atom is -0.391 e. The van der Waals surface area contributed by atoms with Crippen LogP contribution in [-0.2, 0) is 0 Å². The van der Waals surface area contributed by atoms with Crippen LogP contribution in [0.15, 0.2) is 0 Å². The van der Waals surface area contributed by atoms with Crippen LogP contribution in [0.1, 0.15) is 27.7 Å². The van der Waals surface area contributed by atoms with Gasteiger partial charge >= 0.3 is 0 Å². The molecule has 0 heterocycles. The van der Waals surface area contributed by atoms with Crippen molar-refractivity contribution in [3.8, 4) is 0 Å². The Balaban J connectivity index is 3.81. The maximum absolute atomic E-state index is 9.44. The number of aliphatic hydroxyl groups excluding tert-OH is 1. The van der Waals surface area contributed by atoms with Gasteiger partial charge in [0.25, 0.3) is 0 Å². The molecule has 0 aliphatic heterocycles. The molecule has 0 spiro atoms. The quantitative estimate of drug-likeness (QED) is 0.622. The molecular formula is C8H19NO. The van der Waals surface area contributed by atoms with Crippen molar-refractivity contribution in [1.82, 2.24) is 0 Å². The van der Waals surface area contributed by atoms with Crippen LogP contribution in [-0.4, -0.2) is 17.3 Å². The van der Waals surface area contributed by atoms with Gasteiger partial charge in [-0.05, 0) is 18.8 Å². The minimum absolute atomic E-state index is 0.114. The fourth-order valence-corrected chi connectivity index (χ4v) is 0.873. The van der Waals surface area contributed by atoms with Gasteiger partial charge in [-0.25, -0.2) is 0 Å². The number of rotatable bonds is 3. The number of aliphatic hydroxyl groups is 1. The lowest BCUT2D eigenvalue weighted by atomic mass is 9.89. The molecule has 2 nitrogen and oxygen atoms in total. The first kappa shape index (κ1) is 9.92. The van der Waals surface area contributed by atoms with Crippen molar-refractivity contribution in [3.05, 3.63) is 0 Å². The highest BCUT2D eigenvalue weighted by atomic mass is 16.3. The summed E-state index contributed by atoms with van der Waals surface area (Å²) in [4.78, 5) is 0. The fraction of sp³-hybridized carbons (Fsp3) is 1.00. The number of hydrogen-bond acceptors (Lipinski definition) is 2. The van der Waals surface area contributed by atoms with Crippen molar-refractivity contribution in [2.24, 2.45) is 17.6 Å². The van der Waals surface area contributed by atoms with E-state index < -0.39 is 0 Å². The van der Waals surface area contributed by atoms with Crippen molar-refractivity contribution in [2.45, 2.75) is 39.8 Å². The summed E-state index contributed by atoms with van der Waals surface area (Å²) in [5.41, 5.74) is 5.52. The van der Waals surface area contributed by atoms with Crippen LogP contribution in [0.3, 0.4) is 0 Å². The molecule has 10 heavy (non-hydrogen) atoms. The third-order valence-corrected chi connectivity index (χ3v) is 2.13. The van der Waals surface area contributed by atoms with Crippen LogP contribution in [0.25, 0.3) is 0 Å². The van der Waals surface area contributed by atoms with E-state index in [4.69, 9.17) is 5.73 Å². The smallest absolute Gasteiger partial charge is 0.0716 e. The van der Waals surface area contributed by atoms with Crippen LogP contribution in [0.4, 0.5) is 0 Å². The molecule has 0 aromatic carbocycles. The van der Waals surface area contributed by atoms with Crippen LogP contribution in [0.2, 0.25) is 0 Å². The van der Waals surface area contributed by atoms with E-state index in [1.54, 1.807) is 0 Å². The second-order valence-corrected chi connectivity index (χ2v) is 3.45. The van der Waals surface area contributed by atoms with Gasteiger partial charge in [0.2, 0.25) is 0 Å². The molecule has 0 aromatic heterocycles. The SMILES string of the molecule is CC(C)C(C)C(O)[C@@H](C)N. The lowest BCUT2D eigenvalue weighted by molar-refractivity contribution is 0.0732. The molecule has 0 radical (unpaired) electrons. The number of nitrogens with two attached hydrogens (primary N) is 1. The molecule has 0 rings (SSSR count). The lowest BCUT2D eigenvalue weighted by Gasteiger charge is -2.24. The topological polar surface area (TPSA) is 46.2 Å². The highest BCUT2D eigenvalue weighted by Crippen LogP contribution is 2.15. The molecule has 0 fully saturated rings. The van der Waals surface area contributed by atoms with E-state index in [1.165, 1.54) is 0 Å². The van der Waals surface area contributed by atoms with Gasteiger partial charge in [0.15, 0.2) is 0 Å². The second kappa shape index (κ2) is 3.94. The highest BCUT2D eigenvalue weighted by Gasteiger charge is 2.20. The van der Waals surface area contributed by atoms with Gasteiger partial charge in [-0.3, -0.25) is 0 Å². The first-order chi connectivity index (χ1) is 4.46. The predicted octanol–water partition coefficient (Wildman–Crippen LogP) is 0.987. The van der Waals surface area contributed by atoms with Crippen molar-refractivity contribution < 1.29 is 5.11 Å². The standard InChI is InChI=1S/C8H19NO/c1-5(2)6(3)8(10)7(4)9/h5-8,10H,9H2,1-4H3/t6?,7-,8?/m1/s1. The van der Waals surface area contributed by atoms with Gasteiger partial charge in [-0.1, -0.05) is 20.8 Å². The Hall–Kier alpha value is -0.0800. The molecule has 3 atom stereocenters. The van der Waals surface area contributed by atoms with Crippen LogP contribution >= 0.6 is 0 Å². The van der Waals surface area contributed by atoms with E-state index in [9.17, 15) is 5.11 Å². The molecule has 0 saturated carbocycles. The second-order valence-electron chi connectivity index (χ2n) is 3.45. The normalized spacial score (nSPS) is 20.7. The monoisotopic (exact) mass is 145 g/mol. The van der Waals surface area contributed by atoms with Crippen LogP contribution < -0.4 is 5.73 Å². The summed E-state index contributed by atoms with van der Waals surface area (Å²) < 4.78 is 0. The minimum atomic E-state index is -0.361. The van der Waals surface area contributed by atoms with Crippen molar-refractivity contribution >= 4 is 0 Å². The maximum Gasteiger partial charge on any atom is 0.0716 e. The predicted molar refractivity (Wildman–Crippen MR) is 43.7 cm³/mol. The van der Waals surface area contributed by atoms with Gasteiger partial charge in [0.1, 0.15) is 0 Å². The third-order valence-electron chi connectivity index (χ3n) is 2.13. The molecule has 0 bridgehead atoms. The highest BCUT2D eigenvalue weighted by molar-refractivity contribution is 4.74. The van der Waals surface area contributed by atoms with Crippen molar-refractivity contribution in [2.75, 3.05) is 0 Å². The molecule has 0 aliphatic carbocycles. The van der Waals surface area contributed by atoms with E-state index in [2.05, 4.69) is 13.8 Å². The maximum atomic E-state index is 9.44. The summed E-state index contributed by atoms with van der Waals surface area (Å²) in [6.07, 6.45) is -0.361. The summed E-state index contributed by atoms with van der Waals surface area (Å²) in [6.45, 7) is 8.05. The van der Waals surface area contributed by atoms with E-state index in [-0.39, 0.29) is 12.1 Å². The fourth-order valence-electron chi connectivity index (χ4n) is 0.873. The van der Waals surface area contributed by atoms with Crippen LogP contribution in [0, 0.1) is 11.8 Å². The molecule has 62 valence electrons. The summed E-state index contributed by atoms with van der Waals surface area (Å²) in [5, 5.41) is 9.44. The molecule has 0 aromatic rings. The lowest BCUT2D eigenvalue weighted by Crippen LogP contribution is -2.38. The van der Waals surface area contributed by atoms with Crippen molar-refractivity contribution in [1.29, 1.82) is 0 Å². The van der Waals surface area contributed by atoms with E-state index in [0.717, 1.165) is 0 Å².